The summed E-state index contributed by atoms with van der Waals surface area (Å²) in [6, 6.07) is 11.1. The van der Waals surface area contributed by atoms with Crippen LogP contribution in [0.1, 0.15) is 21.1 Å². The molecule has 1 aliphatic rings. The number of amides is 2. The van der Waals surface area contributed by atoms with Gasteiger partial charge < -0.3 is 14.7 Å². The van der Waals surface area contributed by atoms with E-state index in [1.165, 1.54) is 11.3 Å². The van der Waals surface area contributed by atoms with Crippen LogP contribution in [0.4, 0.5) is 5.82 Å². The number of aryl methyl sites for hydroxylation is 2. The van der Waals surface area contributed by atoms with Crippen LogP contribution in [0.15, 0.2) is 40.9 Å². The molecule has 1 saturated heterocycles. The molecule has 0 atom stereocenters. The average Bonchev–Trinajstić information content (AvgIpc) is 3.51. The van der Waals surface area contributed by atoms with Gasteiger partial charge in [0.05, 0.1) is 27.8 Å². The highest BCUT2D eigenvalue weighted by molar-refractivity contribution is 7.20. The van der Waals surface area contributed by atoms with Crippen molar-refractivity contribution in [2.24, 2.45) is 0 Å². The highest BCUT2D eigenvalue weighted by Gasteiger charge is 2.26. The molecule has 1 aliphatic heterocycles. The molecule has 34 heavy (non-hydrogen) atoms. The number of hydrogen-bond donors (Lipinski definition) is 1. The normalized spacial score (nSPS) is 14.6. The molecule has 1 N–H and O–H groups in total. The van der Waals surface area contributed by atoms with E-state index in [-0.39, 0.29) is 18.4 Å². The second kappa shape index (κ2) is 9.21. The fourth-order valence-corrected chi connectivity index (χ4v) is 5.37. The maximum Gasteiger partial charge on any atom is 0.264 e. The van der Waals surface area contributed by atoms with Crippen LogP contribution >= 0.6 is 22.9 Å². The number of piperazine rings is 1. The first kappa shape index (κ1) is 22.6. The Kier molecular flexibility index (Phi) is 6.11. The molecule has 0 saturated carbocycles. The van der Waals surface area contributed by atoms with E-state index in [2.05, 4.69) is 15.6 Å². The molecular formula is C23H23ClN6O3S. The number of halogens is 1. The summed E-state index contributed by atoms with van der Waals surface area (Å²) in [6.07, 6.45) is 0. The molecule has 5 rings (SSSR count). The highest BCUT2D eigenvalue weighted by Crippen LogP contribution is 2.33. The van der Waals surface area contributed by atoms with Crippen LogP contribution in [0.25, 0.3) is 15.9 Å². The van der Waals surface area contributed by atoms with Gasteiger partial charge in [-0.05, 0) is 32.0 Å². The second-order valence-electron chi connectivity index (χ2n) is 8.22. The maximum atomic E-state index is 13.2. The number of thiophene rings is 1. The summed E-state index contributed by atoms with van der Waals surface area (Å²) in [5, 5.41) is 12.7. The van der Waals surface area contributed by atoms with Crippen molar-refractivity contribution in [3.8, 4) is 5.69 Å². The van der Waals surface area contributed by atoms with E-state index in [0.29, 0.717) is 47.7 Å². The van der Waals surface area contributed by atoms with Crippen LogP contribution in [0, 0.1) is 13.8 Å². The van der Waals surface area contributed by atoms with E-state index in [0.717, 1.165) is 21.6 Å². The topological polar surface area (TPSA) is 96.5 Å². The van der Waals surface area contributed by atoms with Crippen LogP contribution in [-0.2, 0) is 4.79 Å². The lowest BCUT2D eigenvalue weighted by Crippen LogP contribution is -2.50. The first-order valence-corrected chi connectivity index (χ1v) is 12.1. The highest BCUT2D eigenvalue weighted by atomic mass is 35.5. The van der Waals surface area contributed by atoms with Crippen molar-refractivity contribution in [2.45, 2.75) is 13.8 Å². The zero-order chi connectivity index (χ0) is 23.8. The summed E-state index contributed by atoms with van der Waals surface area (Å²) in [5.41, 5.74) is 1.64. The Morgan fingerprint density at radius 3 is 2.62 bits per heavy atom. The summed E-state index contributed by atoms with van der Waals surface area (Å²) in [6.45, 7) is 6.29. The lowest BCUT2D eigenvalue weighted by molar-refractivity contribution is -0.117. The molecule has 11 heteroatoms. The van der Waals surface area contributed by atoms with Crippen molar-refractivity contribution in [1.29, 1.82) is 0 Å². The number of carbonyl (C=O) groups excluding carboxylic acids is 2. The van der Waals surface area contributed by atoms with Crippen molar-refractivity contribution in [2.75, 3.05) is 38.0 Å². The van der Waals surface area contributed by atoms with E-state index in [9.17, 15) is 9.59 Å². The summed E-state index contributed by atoms with van der Waals surface area (Å²) in [5.74, 6) is 0.885. The minimum Gasteiger partial charge on any atom is -0.360 e. The molecule has 0 unspecified atom stereocenters. The van der Waals surface area contributed by atoms with Crippen LogP contribution in [-0.4, -0.2) is 69.3 Å². The second-order valence-corrected chi connectivity index (χ2v) is 9.66. The van der Waals surface area contributed by atoms with E-state index in [4.69, 9.17) is 16.1 Å². The largest absolute Gasteiger partial charge is 0.360 e. The molecule has 0 bridgehead atoms. The molecule has 3 aromatic heterocycles. The van der Waals surface area contributed by atoms with Gasteiger partial charge in [0.25, 0.3) is 5.91 Å². The zero-order valence-electron chi connectivity index (χ0n) is 18.7. The molecule has 4 heterocycles. The Morgan fingerprint density at radius 1 is 1.15 bits per heavy atom. The number of anilines is 1. The van der Waals surface area contributed by atoms with Gasteiger partial charge >= 0.3 is 0 Å². The molecule has 0 radical (unpaired) electrons. The van der Waals surface area contributed by atoms with Gasteiger partial charge in [-0.1, -0.05) is 28.9 Å². The van der Waals surface area contributed by atoms with Gasteiger partial charge in [-0.15, -0.1) is 11.3 Å². The summed E-state index contributed by atoms with van der Waals surface area (Å²) in [4.78, 5) is 30.9. The quantitative estimate of drug-likeness (QED) is 0.450. The smallest absolute Gasteiger partial charge is 0.264 e. The van der Waals surface area contributed by atoms with Gasteiger partial charge in [0, 0.05) is 37.6 Å². The molecule has 2 amide bonds. The van der Waals surface area contributed by atoms with E-state index in [1.54, 1.807) is 17.7 Å². The Bertz CT molecular complexity index is 1370. The third-order valence-electron chi connectivity index (χ3n) is 5.76. The predicted molar refractivity (Wildman–Crippen MR) is 131 cm³/mol. The Balaban J connectivity index is 1.24. The van der Waals surface area contributed by atoms with Gasteiger partial charge in [0.2, 0.25) is 5.91 Å². The van der Waals surface area contributed by atoms with Crippen LogP contribution in [0.3, 0.4) is 0 Å². The monoisotopic (exact) mass is 498 g/mol. The van der Waals surface area contributed by atoms with Crippen molar-refractivity contribution >= 4 is 50.8 Å². The first-order chi connectivity index (χ1) is 16.4. The molecule has 4 aromatic rings. The number of benzene rings is 1. The number of aromatic nitrogens is 3. The lowest BCUT2D eigenvalue weighted by atomic mass is 10.2. The van der Waals surface area contributed by atoms with E-state index in [1.807, 2.05) is 47.1 Å². The number of nitrogens with zero attached hydrogens (tertiary/aromatic N) is 5. The molecular weight excluding hydrogens is 476 g/mol. The van der Waals surface area contributed by atoms with E-state index >= 15 is 0 Å². The van der Waals surface area contributed by atoms with Gasteiger partial charge in [0.1, 0.15) is 10.6 Å². The average molecular weight is 499 g/mol. The van der Waals surface area contributed by atoms with Crippen molar-refractivity contribution in [1.82, 2.24) is 24.7 Å². The van der Waals surface area contributed by atoms with Gasteiger partial charge in [0.15, 0.2) is 5.82 Å². The number of para-hydroxylation sites is 1. The molecule has 0 aliphatic carbocycles. The molecule has 1 fully saturated rings. The number of rotatable bonds is 5. The Morgan fingerprint density at radius 2 is 1.91 bits per heavy atom. The lowest BCUT2D eigenvalue weighted by Gasteiger charge is -2.34. The molecule has 0 spiro atoms. The molecule has 9 nitrogen and oxygen atoms in total. The van der Waals surface area contributed by atoms with Crippen molar-refractivity contribution in [3.63, 3.8) is 0 Å². The predicted octanol–water partition coefficient (Wildman–Crippen LogP) is 3.74. The molecule has 176 valence electrons. The number of fused-ring (bicyclic) bond motifs is 1. The number of nitrogens with one attached hydrogen (secondary N) is 1. The number of carbonyl (C=O) groups is 2. The Labute approximate surface area is 204 Å². The minimum atomic E-state index is -0.155. The van der Waals surface area contributed by atoms with Crippen molar-refractivity contribution < 1.29 is 14.1 Å². The van der Waals surface area contributed by atoms with Gasteiger partial charge in [-0.3, -0.25) is 14.5 Å². The SMILES string of the molecule is Cc1cc(NC(=O)CN2CCN(C(=O)c3cc4c(C)nn(-c5ccccc5Cl)c4s3)CC2)no1. The maximum absolute atomic E-state index is 13.2. The summed E-state index contributed by atoms with van der Waals surface area (Å²) >= 11 is 7.80. The first-order valence-electron chi connectivity index (χ1n) is 10.9. The van der Waals surface area contributed by atoms with Crippen molar-refractivity contribution in [3.05, 3.63) is 57.8 Å². The van der Waals surface area contributed by atoms with Gasteiger partial charge in [-0.25, -0.2) is 4.68 Å². The van der Waals surface area contributed by atoms with E-state index < -0.39 is 0 Å². The standard InChI is InChI=1S/C23H23ClN6O3S/c1-14-11-20(27-33-14)25-21(31)13-28-7-9-29(10-8-28)22(32)19-12-16-15(2)26-30(23(16)34-19)18-6-4-3-5-17(18)24/h3-6,11-12H,7-10,13H2,1-2H3,(H,25,27,31). The minimum absolute atomic E-state index is 0.00603. The Hall–Kier alpha value is -3.21. The summed E-state index contributed by atoms with van der Waals surface area (Å²) in [7, 11) is 0. The fourth-order valence-electron chi connectivity index (χ4n) is 4.02. The summed E-state index contributed by atoms with van der Waals surface area (Å²) < 4.78 is 6.77. The third kappa shape index (κ3) is 4.44. The third-order valence-corrected chi connectivity index (χ3v) is 7.18. The zero-order valence-corrected chi connectivity index (χ0v) is 20.3. The van der Waals surface area contributed by atoms with Crippen LogP contribution < -0.4 is 5.32 Å². The van der Waals surface area contributed by atoms with Gasteiger partial charge in [-0.2, -0.15) is 5.10 Å². The fraction of sp³-hybridized carbons (Fsp3) is 0.304. The van der Waals surface area contributed by atoms with Crippen LogP contribution in [0.5, 0.6) is 0 Å². The number of hydrogen-bond acceptors (Lipinski definition) is 7. The van der Waals surface area contributed by atoms with Crippen LogP contribution in [0.2, 0.25) is 5.02 Å². The molecule has 1 aromatic carbocycles.